The lowest BCUT2D eigenvalue weighted by Gasteiger charge is -2.20. The number of carbonyl (C=O) groups excluding carboxylic acids is 2. The first kappa shape index (κ1) is 20.2. The average molecular weight is 301 g/mol. The molecular formula is C16H31NO4. The van der Waals surface area contributed by atoms with E-state index in [-0.39, 0.29) is 11.6 Å². The Morgan fingerprint density at radius 1 is 0.810 bits per heavy atom. The zero-order chi connectivity index (χ0) is 15.9. The zero-order valence-electron chi connectivity index (χ0n) is 13.9. The molecule has 0 aromatic heterocycles. The maximum atomic E-state index is 10.7. The van der Waals surface area contributed by atoms with Crippen LogP contribution in [0.3, 0.4) is 0 Å². The summed E-state index contributed by atoms with van der Waals surface area (Å²) in [6, 6.07) is 0. The fourth-order valence-electron chi connectivity index (χ4n) is 1.84. The van der Waals surface area contributed by atoms with Gasteiger partial charge in [-0.15, -0.1) is 0 Å². The monoisotopic (exact) mass is 301 g/mol. The van der Waals surface area contributed by atoms with Crippen LogP contribution in [0.5, 0.6) is 0 Å². The summed E-state index contributed by atoms with van der Waals surface area (Å²) in [6.45, 7) is 10.8. The Balaban J connectivity index is 3.41. The molecule has 0 aliphatic carbocycles. The summed E-state index contributed by atoms with van der Waals surface area (Å²) in [7, 11) is 0. The molecule has 0 aliphatic heterocycles. The van der Waals surface area contributed by atoms with Crippen LogP contribution >= 0.6 is 0 Å². The van der Waals surface area contributed by atoms with Gasteiger partial charge in [-0.3, -0.25) is 9.59 Å². The Morgan fingerprint density at radius 3 is 1.57 bits per heavy atom. The van der Waals surface area contributed by atoms with Crippen LogP contribution in [-0.2, 0) is 19.1 Å². The van der Waals surface area contributed by atoms with Crippen LogP contribution in [0.25, 0.3) is 0 Å². The van der Waals surface area contributed by atoms with Crippen LogP contribution in [-0.4, -0.2) is 62.5 Å². The van der Waals surface area contributed by atoms with Crippen LogP contribution in [0.1, 0.15) is 46.5 Å². The highest BCUT2D eigenvalue weighted by atomic mass is 16.5. The van der Waals surface area contributed by atoms with Crippen molar-refractivity contribution >= 4 is 11.6 Å². The first-order valence-corrected chi connectivity index (χ1v) is 7.93. The van der Waals surface area contributed by atoms with Crippen LogP contribution < -0.4 is 0 Å². The van der Waals surface area contributed by atoms with E-state index in [1.165, 1.54) is 0 Å². The first-order valence-electron chi connectivity index (χ1n) is 7.93. The highest BCUT2D eigenvalue weighted by Crippen LogP contribution is 1.97. The number of rotatable bonds is 15. The Bertz CT molecular complexity index is 255. The van der Waals surface area contributed by atoms with Crippen LogP contribution in [0, 0.1) is 0 Å². The van der Waals surface area contributed by atoms with Crippen LogP contribution in [0.4, 0.5) is 0 Å². The molecule has 0 aromatic rings. The molecule has 0 heterocycles. The summed E-state index contributed by atoms with van der Waals surface area (Å²) in [6.07, 6.45) is 2.98. The van der Waals surface area contributed by atoms with E-state index in [0.717, 1.165) is 32.5 Å². The molecule has 0 aromatic carbocycles. The molecule has 0 spiro atoms. The molecule has 0 amide bonds. The molecule has 0 unspecified atom stereocenters. The first-order chi connectivity index (χ1) is 10.1. The number of ether oxygens (including phenoxy) is 2. The van der Waals surface area contributed by atoms with Crippen molar-refractivity contribution in [3.63, 3.8) is 0 Å². The van der Waals surface area contributed by atoms with Gasteiger partial charge in [0.25, 0.3) is 0 Å². The molecule has 0 bridgehead atoms. The molecule has 0 radical (unpaired) electrons. The Kier molecular flexibility index (Phi) is 13.6. The van der Waals surface area contributed by atoms with Gasteiger partial charge in [-0.2, -0.15) is 0 Å². The van der Waals surface area contributed by atoms with E-state index >= 15 is 0 Å². The van der Waals surface area contributed by atoms with Gasteiger partial charge in [0, 0.05) is 39.1 Å². The number of hydrogen-bond donors (Lipinski definition) is 0. The second kappa shape index (κ2) is 14.2. The third-order valence-electron chi connectivity index (χ3n) is 3.17. The van der Waals surface area contributed by atoms with Gasteiger partial charge in [0.15, 0.2) is 0 Å². The molecule has 0 atom stereocenters. The minimum Gasteiger partial charge on any atom is -0.381 e. The average Bonchev–Trinajstić information content (AvgIpc) is 2.43. The van der Waals surface area contributed by atoms with Crippen molar-refractivity contribution in [2.45, 2.75) is 46.5 Å². The second-order valence-corrected chi connectivity index (χ2v) is 5.27. The standard InChI is InChI=1S/C16H31NO4/c1-4-17(9-5-11-20-13-7-15(2)18)10-6-12-21-14-8-16(3)19/h4-14H2,1-3H3. The Morgan fingerprint density at radius 2 is 1.24 bits per heavy atom. The summed E-state index contributed by atoms with van der Waals surface area (Å²) >= 11 is 0. The minimum absolute atomic E-state index is 0.176. The maximum absolute atomic E-state index is 10.7. The molecule has 124 valence electrons. The normalized spacial score (nSPS) is 11.0. The minimum atomic E-state index is 0.176. The molecule has 0 saturated carbocycles. The van der Waals surface area contributed by atoms with Crippen molar-refractivity contribution < 1.29 is 19.1 Å². The number of hydrogen-bond acceptors (Lipinski definition) is 5. The van der Waals surface area contributed by atoms with Crippen molar-refractivity contribution in [2.75, 3.05) is 46.1 Å². The number of carbonyl (C=O) groups is 2. The van der Waals surface area contributed by atoms with E-state index in [0.29, 0.717) is 39.3 Å². The summed E-state index contributed by atoms with van der Waals surface area (Å²) in [4.78, 5) is 23.8. The number of ketones is 2. The van der Waals surface area contributed by atoms with Crippen molar-refractivity contribution in [1.82, 2.24) is 4.90 Å². The van der Waals surface area contributed by atoms with Crippen LogP contribution in [0.2, 0.25) is 0 Å². The highest BCUT2D eigenvalue weighted by Gasteiger charge is 2.02. The van der Waals surface area contributed by atoms with Gasteiger partial charge in [0.05, 0.1) is 13.2 Å². The molecule has 0 rings (SSSR count). The molecule has 5 heteroatoms. The topological polar surface area (TPSA) is 55.8 Å². The van der Waals surface area contributed by atoms with E-state index in [2.05, 4.69) is 11.8 Å². The summed E-state index contributed by atoms with van der Waals surface area (Å²) in [5, 5.41) is 0. The Hall–Kier alpha value is -0.780. The van der Waals surface area contributed by atoms with Gasteiger partial charge in [0.2, 0.25) is 0 Å². The molecule has 0 fully saturated rings. The zero-order valence-corrected chi connectivity index (χ0v) is 13.9. The fraction of sp³-hybridized carbons (Fsp3) is 0.875. The molecule has 5 nitrogen and oxygen atoms in total. The van der Waals surface area contributed by atoms with E-state index in [1.807, 2.05) is 0 Å². The third-order valence-corrected chi connectivity index (χ3v) is 3.17. The molecular weight excluding hydrogens is 270 g/mol. The van der Waals surface area contributed by atoms with Gasteiger partial charge in [-0.1, -0.05) is 6.92 Å². The van der Waals surface area contributed by atoms with E-state index in [1.54, 1.807) is 13.8 Å². The molecule has 0 aliphatic rings. The summed E-state index contributed by atoms with van der Waals surface area (Å²) < 4.78 is 10.8. The van der Waals surface area contributed by atoms with Gasteiger partial charge in [-0.25, -0.2) is 0 Å². The third kappa shape index (κ3) is 15.4. The van der Waals surface area contributed by atoms with Crippen molar-refractivity contribution in [2.24, 2.45) is 0 Å². The molecule has 0 N–H and O–H groups in total. The van der Waals surface area contributed by atoms with E-state index < -0.39 is 0 Å². The number of nitrogens with zero attached hydrogens (tertiary/aromatic N) is 1. The SMILES string of the molecule is CCN(CCCOCCC(C)=O)CCCOCCC(C)=O. The fourth-order valence-corrected chi connectivity index (χ4v) is 1.84. The van der Waals surface area contributed by atoms with E-state index in [9.17, 15) is 9.59 Å². The van der Waals surface area contributed by atoms with Crippen LogP contribution in [0.15, 0.2) is 0 Å². The van der Waals surface area contributed by atoms with E-state index in [4.69, 9.17) is 9.47 Å². The highest BCUT2D eigenvalue weighted by molar-refractivity contribution is 5.75. The van der Waals surface area contributed by atoms with Crippen molar-refractivity contribution in [3.8, 4) is 0 Å². The largest absolute Gasteiger partial charge is 0.381 e. The smallest absolute Gasteiger partial charge is 0.132 e. The molecule has 0 saturated heterocycles. The predicted octanol–water partition coefficient (Wildman–Crippen LogP) is 2.08. The van der Waals surface area contributed by atoms with Gasteiger partial charge in [-0.05, 0) is 33.2 Å². The van der Waals surface area contributed by atoms with Gasteiger partial charge >= 0.3 is 0 Å². The molecule has 21 heavy (non-hydrogen) atoms. The van der Waals surface area contributed by atoms with Crippen molar-refractivity contribution in [1.29, 1.82) is 0 Å². The lowest BCUT2D eigenvalue weighted by atomic mass is 10.3. The predicted molar refractivity (Wildman–Crippen MR) is 83.6 cm³/mol. The number of Topliss-reactive ketones (excluding diaryl/α,β-unsaturated/α-hetero) is 2. The second-order valence-electron chi connectivity index (χ2n) is 5.27. The van der Waals surface area contributed by atoms with Gasteiger partial charge < -0.3 is 14.4 Å². The van der Waals surface area contributed by atoms with Gasteiger partial charge in [0.1, 0.15) is 11.6 Å². The van der Waals surface area contributed by atoms with Crippen molar-refractivity contribution in [3.05, 3.63) is 0 Å². The maximum Gasteiger partial charge on any atom is 0.132 e. The quantitative estimate of drug-likeness (QED) is 0.433. The summed E-state index contributed by atoms with van der Waals surface area (Å²) in [5.41, 5.74) is 0. The lowest BCUT2D eigenvalue weighted by Crippen LogP contribution is -2.27. The Labute approximate surface area is 129 Å². The lowest BCUT2D eigenvalue weighted by molar-refractivity contribution is -0.118. The summed E-state index contributed by atoms with van der Waals surface area (Å²) in [5.74, 6) is 0.352.